The van der Waals surface area contributed by atoms with Crippen LogP contribution in [0.1, 0.15) is 90.7 Å². The van der Waals surface area contributed by atoms with Crippen LogP contribution >= 0.6 is 0 Å². The van der Waals surface area contributed by atoms with Crippen LogP contribution in [0.2, 0.25) is 0 Å². The summed E-state index contributed by atoms with van der Waals surface area (Å²) in [5, 5.41) is 15.6. The van der Waals surface area contributed by atoms with E-state index in [0.29, 0.717) is 41.5 Å². The summed E-state index contributed by atoms with van der Waals surface area (Å²) in [5.74, 6) is 3.59. The molecule has 5 rings (SSSR count). The van der Waals surface area contributed by atoms with Gasteiger partial charge in [-0.05, 0) is 116 Å². The zero-order chi connectivity index (χ0) is 25.5. The maximum atomic E-state index is 11.8. The second-order valence-corrected chi connectivity index (χ2v) is 13.2. The zero-order valence-electron chi connectivity index (χ0n) is 22.9. The molecule has 0 aromatic carbocycles. The highest BCUT2D eigenvalue weighted by Gasteiger charge is 2.63. The van der Waals surface area contributed by atoms with E-state index in [9.17, 15) is 9.90 Å². The maximum Gasteiger partial charge on any atom is 0.305 e. The van der Waals surface area contributed by atoms with Crippen LogP contribution in [0.15, 0.2) is 24.4 Å². The number of aromatic nitrogens is 1. The minimum absolute atomic E-state index is 0.0126. The number of carbonyl (C=O) groups excluding carboxylic acids is 1. The van der Waals surface area contributed by atoms with Gasteiger partial charge in [0.15, 0.2) is 0 Å². The lowest BCUT2D eigenvalue weighted by Gasteiger charge is -2.62. The van der Waals surface area contributed by atoms with Crippen LogP contribution in [0.3, 0.4) is 0 Å². The number of hydrogen-bond acceptors (Lipinski definition) is 5. The van der Waals surface area contributed by atoms with Crippen LogP contribution in [0.25, 0.3) is 0 Å². The van der Waals surface area contributed by atoms with Gasteiger partial charge >= 0.3 is 5.97 Å². The number of aliphatic hydroxyl groups is 1. The van der Waals surface area contributed by atoms with Crippen LogP contribution < -0.4 is 5.32 Å². The second-order valence-electron chi connectivity index (χ2n) is 13.2. The molecule has 0 radical (unpaired) electrons. The highest BCUT2D eigenvalue weighted by atomic mass is 16.5. The molecule has 0 bridgehead atoms. The number of aliphatic hydroxyl groups excluding tert-OH is 1. The molecule has 5 nitrogen and oxygen atoms in total. The van der Waals surface area contributed by atoms with Crippen LogP contribution in [-0.4, -0.2) is 35.3 Å². The van der Waals surface area contributed by atoms with Crippen molar-refractivity contribution in [1.29, 1.82) is 0 Å². The quantitative estimate of drug-likeness (QED) is 0.470. The molecule has 0 spiro atoms. The van der Waals surface area contributed by atoms with Crippen molar-refractivity contribution in [2.24, 2.45) is 46.3 Å². The van der Waals surface area contributed by atoms with Gasteiger partial charge in [0.05, 0.1) is 18.9 Å². The second kappa shape index (κ2) is 10.4. The standard InChI is InChI=1S/C31H48N2O3/c1-20(8-13-29(35)36-4)25-11-12-26-24-10-9-21-17-22(33-19-23-7-5-6-16-32-23)14-15-30(21,2)27(24)18-28(34)31(25,26)3/h5-7,16,20-22,24-28,33-34H,8-15,17-19H2,1-4H3/t20?,21-,22-,24?,25-,26?,27?,28+,30+,31-/m1/s1. The maximum absolute atomic E-state index is 11.8. The van der Waals surface area contributed by atoms with Crippen LogP contribution in [0.4, 0.5) is 0 Å². The Morgan fingerprint density at radius 2 is 2.00 bits per heavy atom. The molecule has 4 unspecified atom stereocenters. The molecule has 0 amide bonds. The van der Waals surface area contributed by atoms with Crippen molar-refractivity contribution in [3.8, 4) is 0 Å². The summed E-state index contributed by atoms with van der Waals surface area (Å²) in [6.07, 6.45) is 12.9. The first-order chi connectivity index (χ1) is 17.3. The smallest absolute Gasteiger partial charge is 0.305 e. The van der Waals surface area contributed by atoms with Crippen molar-refractivity contribution < 1.29 is 14.6 Å². The van der Waals surface area contributed by atoms with E-state index in [-0.39, 0.29) is 17.5 Å². The first-order valence-corrected chi connectivity index (χ1v) is 14.7. The summed E-state index contributed by atoms with van der Waals surface area (Å²) in [6.45, 7) is 8.13. The van der Waals surface area contributed by atoms with E-state index in [1.54, 1.807) is 0 Å². The third kappa shape index (κ3) is 4.53. The molecule has 36 heavy (non-hydrogen) atoms. The Labute approximate surface area is 218 Å². The fourth-order valence-corrected chi connectivity index (χ4v) is 9.77. The predicted octanol–water partition coefficient (Wildman–Crippen LogP) is 5.76. The number of methoxy groups -OCH3 is 1. The highest BCUT2D eigenvalue weighted by Crippen LogP contribution is 2.68. The molecule has 1 aromatic heterocycles. The molecule has 200 valence electrons. The van der Waals surface area contributed by atoms with E-state index in [2.05, 4.69) is 43.2 Å². The van der Waals surface area contributed by atoms with Gasteiger partial charge in [0, 0.05) is 25.2 Å². The minimum atomic E-state index is -0.229. The van der Waals surface area contributed by atoms with Gasteiger partial charge in [0.2, 0.25) is 0 Å². The van der Waals surface area contributed by atoms with Crippen molar-refractivity contribution in [1.82, 2.24) is 10.3 Å². The molecule has 1 aromatic rings. The Balaban J connectivity index is 1.25. The number of carbonyl (C=O) groups is 1. The molecule has 1 heterocycles. The number of nitrogens with one attached hydrogen (secondary N) is 1. The predicted molar refractivity (Wildman–Crippen MR) is 142 cm³/mol. The number of hydrogen-bond donors (Lipinski definition) is 2. The number of esters is 1. The first kappa shape index (κ1) is 26.2. The third-order valence-corrected chi connectivity index (χ3v) is 11.9. The normalized spacial score (nSPS) is 42.6. The van der Waals surface area contributed by atoms with Gasteiger partial charge in [0.25, 0.3) is 0 Å². The van der Waals surface area contributed by atoms with E-state index < -0.39 is 0 Å². The summed E-state index contributed by atoms with van der Waals surface area (Å²) >= 11 is 0. The Bertz CT molecular complexity index is 908. The molecule has 0 saturated heterocycles. The lowest BCUT2D eigenvalue weighted by atomic mass is 9.43. The number of rotatable bonds is 7. The fraction of sp³-hybridized carbons (Fsp3) is 0.806. The van der Waals surface area contributed by atoms with E-state index in [0.717, 1.165) is 36.9 Å². The Kier molecular flexibility index (Phi) is 7.53. The molecule has 2 N–H and O–H groups in total. The summed E-state index contributed by atoms with van der Waals surface area (Å²) in [4.78, 5) is 16.3. The largest absolute Gasteiger partial charge is 0.469 e. The van der Waals surface area contributed by atoms with Crippen LogP contribution in [0.5, 0.6) is 0 Å². The van der Waals surface area contributed by atoms with Gasteiger partial charge in [-0.2, -0.15) is 0 Å². The molecular weight excluding hydrogens is 448 g/mol. The Morgan fingerprint density at radius 1 is 1.17 bits per heavy atom. The number of pyridine rings is 1. The van der Waals surface area contributed by atoms with Gasteiger partial charge in [0.1, 0.15) is 0 Å². The zero-order valence-corrected chi connectivity index (χ0v) is 22.9. The molecule has 4 aliphatic rings. The first-order valence-electron chi connectivity index (χ1n) is 14.7. The third-order valence-electron chi connectivity index (χ3n) is 11.9. The van der Waals surface area contributed by atoms with Crippen molar-refractivity contribution in [3.05, 3.63) is 30.1 Å². The molecule has 0 aliphatic heterocycles. The highest BCUT2D eigenvalue weighted by molar-refractivity contribution is 5.69. The average molecular weight is 497 g/mol. The number of fused-ring (bicyclic) bond motifs is 5. The lowest BCUT2D eigenvalue weighted by molar-refractivity contribution is -0.170. The monoisotopic (exact) mass is 496 g/mol. The molecule has 10 atom stereocenters. The Hall–Kier alpha value is -1.46. The van der Waals surface area contributed by atoms with Gasteiger partial charge < -0.3 is 15.2 Å². The molecule has 4 fully saturated rings. The fourth-order valence-electron chi connectivity index (χ4n) is 9.77. The summed E-state index contributed by atoms with van der Waals surface area (Å²) < 4.78 is 4.90. The summed E-state index contributed by atoms with van der Waals surface area (Å²) in [5.41, 5.74) is 1.46. The van der Waals surface area contributed by atoms with Crippen LogP contribution in [-0.2, 0) is 16.1 Å². The van der Waals surface area contributed by atoms with Gasteiger partial charge in [-0.15, -0.1) is 0 Å². The molecular formula is C31H48N2O3. The van der Waals surface area contributed by atoms with Gasteiger partial charge in [-0.3, -0.25) is 9.78 Å². The molecule has 5 heteroatoms. The van der Waals surface area contributed by atoms with E-state index in [1.165, 1.54) is 52.1 Å². The minimum Gasteiger partial charge on any atom is -0.469 e. The van der Waals surface area contributed by atoms with E-state index >= 15 is 0 Å². The topological polar surface area (TPSA) is 71.5 Å². The van der Waals surface area contributed by atoms with E-state index in [1.807, 2.05) is 12.3 Å². The molecule has 4 aliphatic carbocycles. The summed E-state index contributed by atoms with van der Waals surface area (Å²) in [7, 11) is 1.48. The van der Waals surface area contributed by atoms with Crippen molar-refractivity contribution in [2.45, 2.75) is 104 Å². The van der Waals surface area contributed by atoms with Gasteiger partial charge in [-0.25, -0.2) is 0 Å². The van der Waals surface area contributed by atoms with Gasteiger partial charge in [-0.1, -0.05) is 26.8 Å². The number of ether oxygens (including phenoxy) is 1. The van der Waals surface area contributed by atoms with Crippen molar-refractivity contribution in [3.63, 3.8) is 0 Å². The van der Waals surface area contributed by atoms with E-state index in [4.69, 9.17) is 4.74 Å². The van der Waals surface area contributed by atoms with Crippen LogP contribution in [0, 0.1) is 46.3 Å². The summed E-state index contributed by atoms with van der Waals surface area (Å²) in [6, 6.07) is 6.73. The van der Waals surface area contributed by atoms with Crippen molar-refractivity contribution >= 4 is 5.97 Å². The SMILES string of the molecule is COC(=O)CCC(C)[C@H]1CCC2C3CC[C@@H]4C[C@H](NCc5ccccn5)CC[C@]4(C)C3C[C@H](O)[C@@]21C. The Morgan fingerprint density at radius 3 is 2.75 bits per heavy atom. The lowest BCUT2D eigenvalue weighted by Crippen LogP contribution is -2.59. The molecule has 4 saturated carbocycles. The average Bonchev–Trinajstić information content (AvgIpc) is 3.25. The van der Waals surface area contributed by atoms with Crippen molar-refractivity contribution in [2.75, 3.05) is 7.11 Å². The number of nitrogens with zero attached hydrogens (tertiary/aromatic N) is 1.